The Morgan fingerprint density at radius 1 is 1.17 bits per heavy atom. The summed E-state index contributed by atoms with van der Waals surface area (Å²) in [6.45, 7) is 0.0104. The monoisotopic (exact) mass is 500 g/mol. The average molecular weight is 500 g/mol. The second kappa shape index (κ2) is 9.09. The topological polar surface area (TPSA) is 72.1 Å². The number of benzene rings is 2. The average Bonchev–Trinajstić information content (AvgIpc) is 3.43. The van der Waals surface area contributed by atoms with Crippen molar-refractivity contribution in [3.05, 3.63) is 77.8 Å². The molecule has 4 aromatic rings. The van der Waals surface area contributed by atoms with E-state index in [4.69, 9.17) is 0 Å². The van der Waals surface area contributed by atoms with Gasteiger partial charge in [-0.25, -0.2) is 17.6 Å². The summed E-state index contributed by atoms with van der Waals surface area (Å²) in [5.41, 5.74) is 2.00. The van der Waals surface area contributed by atoms with Crippen LogP contribution in [0.1, 0.15) is 35.2 Å². The molecule has 36 heavy (non-hydrogen) atoms. The second-order valence-corrected chi connectivity index (χ2v) is 9.19. The fourth-order valence-corrected chi connectivity index (χ4v) is 4.78. The van der Waals surface area contributed by atoms with Crippen LogP contribution in [-0.2, 0) is 13.6 Å². The van der Waals surface area contributed by atoms with Crippen molar-refractivity contribution in [2.45, 2.75) is 43.9 Å². The maximum Gasteiger partial charge on any atom is 0.275 e. The smallest absolute Gasteiger partial charge is 0.275 e. The van der Waals surface area contributed by atoms with Gasteiger partial charge in [0.2, 0.25) is 0 Å². The second-order valence-electron chi connectivity index (χ2n) is 9.19. The zero-order valence-electron chi connectivity index (χ0n) is 19.4. The highest BCUT2D eigenvalue weighted by Crippen LogP contribution is 2.34. The van der Waals surface area contributed by atoms with Gasteiger partial charge < -0.3 is 15.0 Å². The van der Waals surface area contributed by atoms with Gasteiger partial charge in [-0.2, -0.15) is 5.10 Å². The lowest BCUT2D eigenvalue weighted by atomic mass is 9.89. The number of carbonyl (C=O) groups excluding carboxylic acids is 1. The van der Waals surface area contributed by atoms with Crippen molar-refractivity contribution in [3.8, 4) is 11.1 Å². The van der Waals surface area contributed by atoms with Gasteiger partial charge in [0, 0.05) is 42.4 Å². The van der Waals surface area contributed by atoms with Crippen LogP contribution in [0.25, 0.3) is 22.0 Å². The number of carbonyl (C=O) groups is 1. The van der Waals surface area contributed by atoms with E-state index in [9.17, 15) is 23.1 Å². The molecule has 2 aromatic heterocycles. The number of aromatic nitrogens is 3. The number of rotatable bonds is 5. The fraction of sp³-hybridized carbons (Fsp3) is 0.308. The van der Waals surface area contributed by atoms with Crippen molar-refractivity contribution in [3.63, 3.8) is 0 Å². The van der Waals surface area contributed by atoms with Crippen LogP contribution in [0.3, 0.4) is 0 Å². The van der Waals surface area contributed by atoms with E-state index in [2.05, 4.69) is 10.4 Å². The first kappa shape index (κ1) is 24.1. The molecule has 6 nitrogen and oxygen atoms in total. The van der Waals surface area contributed by atoms with Crippen molar-refractivity contribution in [1.29, 1.82) is 0 Å². The first-order valence-electron chi connectivity index (χ1n) is 11.6. The summed E-state index contributed by atoms with van der Waals surface area (Å²) in [5.74, 6) is -5.24. The number of aliphatic hydroxyl groups excluding tert-OH is 1. The molecule has 2 atom stereocenters. The molecule has 0 aliphatic heterocycles. The Bertz CT molecular complexity index is 1450. The van der Waals surface area contributed by atoms with Crippen LogP contribution in [-0.4, -0.2) is 43.4 Å². The van der Waals surface area contributed by atoms with Gasteiger partial charge in [-0.15, -0.1) is 0 Å². The predicted molar refractivity (Wildman–Crippen MR) is 126 cm³/mol. The zero-order chi connectivity index (χ0) is 25.6. The van der Waals surface area contributed by atoms with Crippen molar-refractivity contribution < 1.29 is 27.5 Å². The molecule has 1 aliphatic carbocycles. The van der Waals surface area contributed by atoms with E-state index >= 15 is 4.39 Å². The molecule has 1 saturated carbocycles. The van der Waals surface area contributed by atoms with E-state index in [1.807, 2.05) is 0 Å². The van der Waals surface area contributed by atoms with Crippen LogP contribution in [0.5, 0.6) is 0 Å². The SMILES string of the molecule is Cn1cc(-c2ccc(Cn3cc(C(=O)N[C@H]4CCCC(F)(F)[C@@H]4O)c4c(F)cccc43)c(F)c2)cn1. The molecule has 2 N–H and O–H groups in total. The van der Waals surface area contributed by atoms with Crippen LogP contribution in [0.4, 0.5) is 17.6 Å². The summed E-state index contributed by atoms with van der Waals surface area (Å²) >= 11 is 0. The number of aryl methyl sites for hydroxylation is 1. The zero-order valence-corrected chi connectivity index (χ0v) is 19.4. The molecule has 1 amide bonds. The number of amides is 1. The number of hydrogen-bond acceptors (Lipinski definition) is 3. The summed E-state index contributed by atoms with van der Waals surface area (Å²) in [7, 11) is 1.76. The van der Waals surface area contributed by atoms with E-state index in [0.29, 0.717) is 16.6 Å². The fourth-order valence-electron chi connectivity index (χ4n) is 4.78. The van der Waals surface area contributed by atoms with Crippen LogP contribution in [0.15, 0.2) is 55.0 Å². The molecule has 0 bridgehead atoms. The molecular formula is C26H24F4N4O2. The van der Waals surface area contributed by atoms with Crippen LogP contribution in [0.2, 0.25) is 0 Å². The summed E-state index contributed by atoms with van der Waals surface area (Å²) in [6, 6.07) is 7.85. The van der Waals surface area contributed by atoms with Gasteiger partial charge in [0.1, 0.15) is 17.7 Å². The Hall–Kier alpha value is -3.66. The van der Waals surface area contributed by atoms with Gasteiger partial charge in [0.05, 0.1) is 29.9 Å². The minimum atomic E-state index is -3.31. The predicted octanol–water partition coefficient (Wildman–Crippen LogP) is 4.65. The van der Waals surface area contributed by atoms with Crippen molar-refractivity contribution in [1.82, 2.24) is 19.7 Å². The summed E-state index contributed by atoms with van der Waals surface area (Å²) in [6.07, 6.45) is 2.60. The number of fused-ring (bicyclic) bond motifs is 1. The van der Waals surface area contributed by atoms with Gasteiger partial charge in [0.25, 0.3) is 11.8 Å². The van der Waals surface area contributed by atoms with Crippen molar-refractivity contribution in [2.75, 3.05) is 0 Å². The number of hydrogen-bond donors (Lipinski definition) is 2. The van der Waals surface area contributed by atoms with E-state index in [-0.39, 0.29) is 30.3 Å². The Morgan fingerprint density at radius 3 is 2.69 bits per heavy atom. The molecule has 0 saturated heterocycles. The largest absolute Gasteiger partial charge is 0.385 e. The Kier molecular flexibility index (Phi) is 6.07. The normalized spacial score (nSPS) is 19.5. The van der Waals surface area contributed by atoms with E-state index in [0.717, 1.165) is 5.56 Å². The molecular weight excluding hydrogens is 476 g/mol. The lowest BCUT2D eigenvalue weighted by molar-refractivity contribution is -0.141. The summed E-state index contributed by atoms with van der Waals surface area (Å²) in [4.78, 5) is 13.0. The van der Waals surface area contributed by atoms with Crippen molar-refractivity contribution in [2.24, 2.45) is 7.05 Å². The minimum Gasteiger partial charge on any atom is -0.385 e. The molecule has 1 aliphatic rings. The summed E-state index contributed by atoms with van der Waals surface area (Å²) < 4.78 is 60.8. The van der Waals surface area contributed by atoms with Gasteiger partial charge in [-0.1, -0.05) is 18.2 Å². The quantitative estimate of drug-likeness (QED) is 0.392. The molecule has 188 valence electrons. The Balaban J connectivity index is 1.45. The molecule has 0 spiro atoms. The molecule has 10 heteroatoms. The third-order valence-corrected chi connectivity index (χ3v) is 6.69. The standard InChI is InChI=1S/C26H24F4N4O2/c1-33-12-17(11-31-33)15-7-8-16(20(28)10-15)13-34-14-18(23-19(27)4-2-6-22(23)34)25(36)32-21-5-3-9-26(29,30)24(21)35/h2,4,6-8,10-12,14,21,24,35H,3,5,9,13H2,1H3,(H,32,36)/t21-,24+/m0/s1. The van der Waals surface area contributed by atoms with Gasteiger partial charge in [-0.3, -0.25) is 9.48 Å². The molecule has 5 rings (SSSR count). The minimum absolute atomic E-state index is 0.000511. The van der Waals surface area contributed by atoms with Crippen LogP contribution < -0.4 is 5.32 Å². The third kappa shape index (κ3) is 4.37. The number of nitrogens with one attached hydrogen (secondary N) is 1. The highest BCUT2D eigenvalue weighted by atomic mass is 19.3. The highest BCUT2D eigenvalue weighted by molar-refractivity contribution is 6.07. The highest BCUT2D eigenvalue weighted by Gasteiger charge is 2.46. The number of halogens is 4. The summed E-state index contributed by atoms with van der Waals surface area (Å²) in [5, 5.41) is 16.5. The van der Waals surface area contributed by atoms with E-state index in [1.165, 1.54) is 24.4 Å². The lowest BCUT2D eigenvalue weighted by Gasteiger charge is -2.34. The van der Waals surface area contributed by atoms with Crippen LogP contribution >= 0.6 is 0 Å². The Labute approximate surface area is 204 Å². The van der Waals surface area contributed by atoms with E-state index < -0.39 is 42.0 Å². The molecule has 2 aromatic carbocycles. The maximum atomic E-state index is 15.0. The third-order valence-electron chi connectivity index (χ3n) is 6.69. The van der Waals surface area contributed by atoms with Gasteiger partial charge in [0.15, 0.2) is 0 Å². The van der Waals surface area contributed by atoms with Crippen molar-refractivity contribution >= 4 is 16.8 Å². The maximum absolute atomic E-state index is 15.0. The molecule has 2 heterocycles. The van der Waals surface area contributed by atoms with E-state index in [1.54, 1.807) is 46.9 Å². The number of aliphatic hydroxyl groups is 1. The van der Waals surface area contributed by atoms with Gasteiger partial charge >= 0.3 is 0 Å². The molecule has 0 radical (unpaired) electrons. The Morgan fingerprint density at radius 2 is 1.97 bits per heavy atom. The first-order chi connectivity index (χ1) is 17.1. The lowest BCUT2D eigenvalue weighted by Crippen LogP contribution is -2.54. The van der Waals surface area contributed by atoms with Crippen LogP contribution in [0, 0.1) is 11.6 Å². The number of alkyl halides is 2. The molecule has 1 fully saturated rings. The number of nitrogens with zero attached hydrogens (tertiary/aromatic N) is 3. The molecule has 0 unspecified atom stereocenters. The van der Waals surface area contributed by atoms with Gasteiger partial charge in [-0.05, 0) is 36.6 Å². The first-order valence-corrected chi connectivity index (χ1v) is 11.6.